The molecule has 0 saturated heterocycles. The Bertz CT molecular complexity index is 361. The monoisotopic (exact) mass is 312 g/mol. The molecule has 0 saturated carbocycles. The molecule has 0 bridgehead atoms. The maximum absolute atomic E-state index is 6.38. The van der Waals surface area contributed by atoms with Crippen molar-refractivity contribution < 1.29 is 13.3 Å². The van der Waals surface area contributed by atoms with Crippen molar-refractivity contribution in [3.05, 3.63) is 24.3 Å². The molecule has 4 heteroatoms. The molecule has 0 aromatic rings. The molecule has 0 aromatic carbocycles. The lowest BCUT2D eigenvalue weighted by molar-refractivity contribution is -0.0154. The lowest BCUT2D eigenvalue weighted by atomic mass is 9.90. The van der Waals surface area contributed by atoms with Crippen molar-refractivity contribution in [2.75, 3.05) is 0 Å². The van der Waals surface area contributed by atoms with E-state index in [4.69, 9.17) is 13.3 Å². The van der Waals surface area contributed by atoms with Crippen molar-refractivity contribution in [3.8, 4) is 0 Å². The fourth-order valence-corrected chi connectivity index (χ4v) is 6.36. The predicted molar refractivity (Wildman–Crippen MR) is 90.2 cm³/mol. The molecule has 21 heavy (non-hydrogen) atoms. The first-order valence-electron chi connectivity index (χ1n) is 8.02. The van der Waals surface area contributed by atoms with Gasteiger partial charge in [-0.15, -0.1) is 0 Å². The highest BCUT2D eigenvalue weighted by molar-refractivity contribution is 6.65. The molecule has 2 atom stereocenters. The van der Waals surface area contributed by atoms with E-state index in [0.717, 1.165) is 0 Å². The highest BCUT2D eigenvalue weighted by Crippen LogP contribution is 2.51. The molecule has 0 aromatic heterocycles. The second kappa shape index (κ2) is 7.23. The third-order valence-electron chi connectivity index (χ3n) is 3.73. The quantitative estimate of drug-likeness (QED) is 0.636. The smallest absolute Gasteiger partial charge is 0.370 e. The second-order valence-electron chi connectivity index (χ2n) is 6.87. The minimum absolute atomic E-state index is 0.0671. The van der Waals surface area contributed by atoms with Crippen molar-refractivity contribution in [1.29, 1.82) is 0 Å². The molecule has 122 valence electrons. The normalized spacial score (nSPS) is 26.3. The average Bonchev–Trinajstić information content (AvgIpc) is 2.30. The van der Waals surface area contributed by atoms with Gasteiger partial charge in [-0.3, -0.25) is 0 Å². The topological polar surface area (TPSA) is 27.7 Å². The van der Waals surface area contributed by atoms with Crippen molar-refractivity contribution in [1.82, 2.24) is 0 Å². The lowest BCUT2D eigenvalue weighted by Crippen LogP contribution is -2.60. The van der Waals surface area contributed by atoms with Gasteiger partial charge in [0, 0.05) is 18.3 Å². The molecule has 0 radical (unpaired) electrons. The Morgan fingerprint density at radius 3 is 1.62 bits per heavy atom. The van der Waals surface area contributed by atoms with Crippen LogP contribution < -0.4 is 0 Å². The van der Waals surface area contributed by atoms with Gasteiger partial charge in [0.05, 0.1) is 5.04 Å². The van der Waals surface area contributed by atoms with Crippen molar-refractivity contribution in [3.63, 3.8) is 0 Å². The van der Waals surface area contributed by atoms with Gasteiger partial charge in [0.25, 0.3) is 0 Å². The number of hydrogen-bond donors (Lipinski definition) is 0. The van der Waals surface area contributed by atoms with Gasteiger partial charge in [0.15, 0.2) is 0 Å². The van der Waals surface area contributed by atoms with Crippen molar-refractivity contribution in [2.24, 2.45) is 5.92 Å². The van der Waals surface area contributed by atoms with E-state index in [9.17, 15) is 0 Å². The summed E-state index contributed by atoms with van der Waals surface area (Å²) in [6.07, 6.45) is 8.79. The summed E-state index contributed by atoms with van der Waals surface area (Å²) in [5, 5.41) is -0.249. The van der Waals surface area contributed by atoms with Crippen LogP contribution >= 0.6 is 0 Å². The van der Waals surface area contributed by atoms with Crippen LogP contribution in [0.2, 0.25) is 5.04 Å². The first-order valence-corrected chi connectivity index (χ1v) is 9.75. The molecule has 3 nitrogen and oxygen atoms in total. The van der Waals surface area contributed by atoms with Gasteiger partial charge >= 0.3 is 8.80 Å². The number of hydrogen-bond acceptors (Lipinski definition) is 3. The molecule has 0 N–H and O–H groups in total. The third kappa shape index (κ3) is 4.28. The van der Waals surface area contributed by atoms with E-state index in [1.807, 2.05) is 41.5 Å². The van der Waals surface area contributed by atoms with Crippen molar-refractivity contribution >= 4 is 8.80 Å². The summed E-state index contributed by atoms with van der Waals surface area (Å²) in [5.41, 5.74) is 0. The minimum atomic E-state index is -2.91. The van der Waals surface area contributed by atoms with Gasteiger partial charge in [-0.25, -0.2) is 0 Å². The number of rotatable bonds is 7. The average molecular weight is 313 g/mol. The summed E-state index contributed by atoms with van der Waals surface area (Å²) >= 11 is 0. The fraction of sp³-hybridized carbons (Fsp3) is 0.765. The lowest BCUT2D eigenvalue weighted by Gasteiger charge is -2.47. The Kier molecular flexibility index (Phi) is 6.41. The summed E-state index contributed by atoms with van der Waals surface area (Å²) in [4.78, 5) is 0. The maximum atomic E-state index is 6.38. The maximum Gasteiger partial charge on any atom is 0.512 e. The van der Waals surface area contributed by atoms with Gasteiger partial charge < -0.3 is 13.3 Å². The van der Waals surface area contributed by atoms with Crippen LogP contribution in [-0.2, 0) is 13.3 Å². The zero-order valence-electron chi connectivity index (χ0n) is 14.8. The van der Waals surface area contributed by atoms with E-state index in [1.54, 1.807) is 0 Å². The molecular formula is C17H32O3Si. The van der Waals surface area contributed by atoms with E-state index in [0.29, 0.717) is 5.92 Å². The summed E-state index contributed by atoms with van der Waals surface area (Å²) in [6, 6.07) is 0. The fourth-order valence-electron chi connectivity index (χ4n) is 2.61. The van der Waals surface area contributed by atoms with Crippen molar-refractivity contribution in [2.45, 2.75) is 78.7 Å². The minimum Gasteiger partial charge on any atom is -0.370 e. The zero-order valence-corrected chi connectivity index (χ0v) is 15.8. The summed E-state index contributed by atoms with van der Waals surface area (Å²) in [6.45, 7) is 16.7. The molecule has 0 aliphatic heterocycles. The van der Waals surface area contributed by atoms with Crippen LogP contribution in [0.15, 0.2) is 24.3 Å². The van der Waals surface area contributed by atoms with Gasteiger partial charge in [-0.1, -0.05) is 38.2 Å². The molecule has 0 amide bonds. The van der Waals surface area contributed by atoms with Gasteiger partial charge in [-0.05, 0) is 47.5 Å². The predicted octanol–water partition coefficient (Wildman–Crippen LogP) is 4.72. The van der Waals surface area contributed by atoms with E-state index < -0.39 is 8.80 Å². The molecule has 0 heterocycles. The van der Waals surface area contributed by atoms with E-state index in [-0.39, 0.29) is 23.4 Å². The first-order chi connectivity index (χ1) is 9.63. The Hall–Kier alpha value is -0.423. The van der Waals surface area contributed by atoms with Gasteiger partial charge in [0.1, 0.15) is 0 Å². The summed E-state index contributed by atoms with van der Waals surface area (Å²) in [7, 11) is -2.91. The largest absolute Gasteiger partial charge is 0.512 e. The van der Waals surface area contributed by atoms with Crippen LogP contribution in [0, 0.1) is 5.92 Å². The Morgan fingerprint density at radius 2 is 1.29 bits per heavy atom. The highest BCUT2D eigenvalue weighted by Gasteiger charge is 2.61. The molecule has 0 spiro atoms. The Labute approximate surface area is 131 Å². The zero-order chi connectivity index (χ0) is 16.3. The van der Waals surface area contributed by atoms with Crippen LogP contribution in [0.1, 0.15) is 55.4 Å². The molecular weight excluding hydrogens is 280 g/mol. The van der Waals surface area contributed by atoms with Crippen LogP contribution in [-0.4, -0.2) is 27.1 Å². The summed E-state index contributed by atoms with van der Waals surface area (Å²) in [5.74, 6) is 0.311. The molecule has 0 fully saturated rings. The van der Waals surface area contributed by atoms with E-state index in [1.165, 1.54) is 0 Å². The van der Waals surface area contributed by atoms with Gasteiger partial charge in [0.2, 0.25) is 0 Å². The molecule has 1 aliphatic carbocycles. The Balaban J connectivity index is 3.31. The van der Waals surface area contributed by atoms with Gasteiger partial charge in [-0.2, -0.15) is 0 Å². The van der Waals surface area contributed by atoms with Crippen LogP contribution in [0.25, 0.3) is 0 Å². The molecule has 1 aliphatic rings. The van der Waals surface area contributed by atoms with E-state index >= 15 is 0 Å². The second-order valence-corrected chi connectivity index (χ2v) is 9.77. The molecule has 2 unspecified atom stereocenters. The van der Waals surface area contributed by atoms with E-state index in [2.05, 4.69) is 38.2 Å². The first kappa shape index (κ1) is 18.6. The SMILES string of the molecule is CC(C)O[Si](OC(C)C)(OC(C)C)C1(C)C=CC=CC1C. The van der Waals surface area contributed by atoms with Crippen LogP contribution in [0.5, 0.6) is 0 Å². The Morgan fingerprint density at radius 1 is 0.857 bits per heavy atom. The number of allylic oxidation sites excluding steroid dienone is 4. The van der Waals surface area contributed by atoms with Crippen LogP contribution in [0.3, 0.4) is 0 Å². The summed E-state index contributed by atoms with van der Waals surface area (Å²) < 4.78 is 19.1. The third-order valence-corrected chi connectivity index (χ3v) is 8.02. The highest BCUT2D eigenvalue weighted by atomic mass is 28.4. The molecule has 1 rings (SSSR count). The standard InChI is InChI=1S/C17H32O3Si/c1-13(2)18-21(19-14(3)4,20-15(5)6)17(8)12-10-9-11-16(17)7/h9-16H,1-8H3. The van der Waals surface area contributed by atoms with Crippen LogP contribution in [0.4, 0.5) is 0 Å².